The molecule has 2 rings (SSSR count). The van der Waals surface area contributed by atoms with Crippen LogP contribution in [0.3, 0.4) is 0 Å². The molecule has 2 aliphatic rings. The minimum Gasteiger partial charge on any atom is -0.379 e. The Morgan fingerprint density at radius 1 is 1.50 bits per heavy atom. The van der Waals surface area contributed by atoms with E-state index in [1.807, 2.05) is 6.92 Å². The molecule has 3 atom stereocenters. The van der Waals surface area contributed by atoms with Crippen LogP contribution in [-0.4, -0.2) is 41.8 Å². The highest BCUT2D eigenvalue weighted by Gasteiger charge is 2.48. The third-order valence-corrected chi connectivity index (χ3v) is 4.33. The van der Waals surface area contributed by atoms with Crippen LogP contribution in [-0.2, 0) is 9.53 Å². The summed E-state index contributed by atoms with van der Waals surface area (Å²) >= 11 is 0. The van der Waals surface area contributed by atoms with E-state index >= 15 is 0 Å². The van der Waals surface area contributed by atoms with Gasteiger partial charge in [0.2, 0.25) is 5.91 Å². The quantitative estimate of drug-likeness (QED) is 0.833. The molecule has 2 aliphatic heterocycles. The molecule has 4 heteroatoms. The van der Waals surface area contributed by atoms with Gasteiger partial charge in [-0.15, -0.1) is 0 Å². The Kier molecular flexibility index (Phi) is 4.28. The number of rotatable bonds is 4. The van der Waals surface area contributed by atoms with Crippen molar-refractivity contribution < 1.29 is 9.53 Å². The number of carbonyl (C=O) groups is 1. The normalized spacial score (nSPS) is 37.3. The van der Waals surface area contributed by atoms with E-state index in [-0.39, 0.29) is 23.7 Å². The van der Waals surface area contributed by atoms with Crippen LogP contribution in [0.15, 0.2) is 0 Å². The van der Waals surface area contributed by atoms with Gasteiger partial charge in [-0.1, -0.05) is 20.3 Å². The molecule has 18 heavy (non-hydrogen) atoms. The predicted molar refractivity (Wildman–Crippen MR) is 71.2 cm³/mol. The van der Waals surface area contributed by atoms with Gasteiger partial charge in [0.1, 0.15) is 0 Å². The molecular weight excluding hydrogens is 228 g/mol. The fourth-order valence-corrected chi connectivity index (χ4v) is 3.03. The van der Waals surface area contributed by atoms with Crippen molar-refractivity contribution >= 4 is 5.91 Å². The number of nitrogens with zero attached hydrogens (tertiary/aromatic N) is 1. The molecule has 0 aromatic carbocycles. The van der Waals surface area contributed by atoms with Gasteiger partial charge in [-0.25, -0.2) is 0 Å². The van der Waals surface area contributed by atoms with Crippen molar-refractivity contribution in [3.8, 4) is 0 Å². The molecule has 1 amide bonds. The van der Waals surface area contributed by atoms with Crippen molar-refractivity contribution in [1.82, 2.24) is 10.2 Å². The first-order chi connectivity index (χ1) is 8.62. The minimum atomic E-state index is -0.378. The molecule has 0 spiro atoms. The van der Waals surface area contributed by atoms with Crippen LogP contribution in [0, 0.1) is 0 Å². The summed E-state index contributed by atoms with van der Waals surface area (Å²) in [4.78, 5) is 14.7. The topological polar surface area (TPSA) is 41.6 Å². The van der Waals surface area contributed by atoms with Gasteiger partial charge in [0.15, 0.2) is 0 Å². The lowest BCUT2D eigenvalue weighted by Crippen LogP contribution is -2.48. The van der Waals surface area contributed by atoms with Gasteiger partial charge in [-0.2, -0.15) is 0 Å². The van der Waals surface area contributed by atoms with E-state index in [1.165, 1.54) is 0 Å². The smallest absolute Gasteiger partial charge is 0.244 e. The van der Waals surface area contributed by atoms with E-state index in [2.05, 4.69) is 24.1 Å². The molecule has 2 saturated heterocycles. The molecule has 104 valence electrons. The van der Waals surface area contributed by atoms with Gasteiger partial charge in [0.05, 0.1) is 24.4 Å². The maximum absolute atomic E-state index is 12.7. The fourth-order valence-electron chi connectivity index (χ4n) is 3.03. The number of amides is 1. The largest absolute Gasteiger partial charge is 0.379 e. The molecule has 0 aliphatic carbocycles. The van der Waals surface area contributed by atoms with Crippen LogP contribution < -0.4 is 5.32 Å². The molecule has 0 saturated carbocycles. The van der Waals surface area contributed by atoms with Crippen molar-refractivity contribution in [3.63, 3.8) is 0 Å². The Hall–Kier alpha value is -0.610. The Bertz CT molecular complexity index is 302. The summed E-state index contributed by atoms with van der Waals surface area (Å²) in [6, 6.07) is 0.267. The molecule has 0 radical (unpaired) electrons. The van der Waals surface area contributed by atoms with E-state index < -0.39 is 0 Å². The van der Waals surface area contributed by atoms with E-state index in [0.29, 0.717) is 6.61 Å². The van der Waals surface area contributed by atoms with Crippen molar-refractivity contribution in [2.45, 2.75) is 70.6 Å². The van der Waals surface area contributed by atoms with Crippen LogP contribution >= 0.6 is 0 Å². The maximum Gasteiger partial charge on any atom is 0.244 e. The summed E-state index contributed by atoms with van der Waals surface area (Å²) in [6.45, 7) is 7.82. The second-order valence-electron chi connectivity index (χ2n) is 5.72. The summed E-state index contributed by atoms with van der Waals surface area (Å²) in [5.74, 6) is 0.263. The molecule has 3 unspecified atom stereocenters. The van der Waals surface area contributed by atoms with Crippen molar-refractivity contribution in [3.05, 3.63) is 0 Å². The molecule has 1 N–H and O–H groups in total. The zero-order chi connectivity index (χ0) is 13.2. The molecule has 4 nitrogen and oxygen atoms in total. The highest BCUT2D eigenvalue weighted by molar-refractivity contribution is 5.88. The second kappa shape index (κ2) is 5.57. The van der Waals surface area contributed by atoms with E-state index in [9.17, 15) is 4.79 Å². The molecule has 0 aromatic heterocycles. The van der Waals surface area contributed by atoms with Crippen LogP contribution in [0.25, 0.3) is 0 Å². The van der Waals surface area contributed by atoms with Crippen LogP contribution in [0.2, 0.25) is 0 Å². The van der Waals surface area contributed by atoms with Crippen LogP contribution in [0.5, 0.6) is 0 Å². The minimum absolute atomic E-state index is 0.194. The summed E-state index contributed by atoms with van der Waals surface area (Å²) < 4.78 is 5.55. The molecular formula is C14H26N2O2. The number of carbonyl (C=O) groups excluding carboxylic acids is 1. The zero-order valence-electron chi connectivity index (χ0n) is 11.9. The highest BCUT2D eigenvalue weighted by Crippen LogP contribution is 2.30. The van der Waals surface area contributed by atoms with Gasteiger partial charge in [0.25, 0.3) is 0 Å². The SMILES string of the molecule is CCCC1NC(C)(CC)C(=O)N1C1CCCOC1. The molecule has 0 bridgehead atoms. The van der Waals surface area contributed by atoms with Gasteiger partial charge in [-0.05, 0) is 32.6 Å². The Morgan fingerprint density at radius 2 is 2.28 bits per heavy atom. The van der Waals surface area contributed by atoms with E-state index in [4.69, 9.17) is 4.74 Å². The predicted octanol–water partition coefficient (Wildman–Crippen LogP) is 1.89. The maximum atomic E-state index is 12.7. The van der Waals surface area contributed by atoms with E-state index in [1.54, 1.807) is 0 Å². The Labute approximate surface area is 110 Å². The lowest BCUT2D eigenvalue weighted by molar-refractivity contribution is -0.138. The Balaban J connectivity index is 2.15. The van der Waals surface area contributed by atoms with Crippen molar-refractivity contribution in [1.29, 1.82) is 0 Å². The summed E-state index contributed by atoms with van der Waals surface area (Å²) in [5.41, 5.74) is -0.378. The van der Waals surface area contributed by atoms with Crippen LogP contribution in [0.4, 0.5) is 0 Å². The first-order valence-electron chi connectivity index (χ1n) is 7.30. The number of nitrogens with one attached hydrogen (secondary N) is 1. The fraction of sp³-hybridized carbons (Fsp3) is 0.929. The average molecular weight is 254 g/mol. The first-order valence-corrected chi connectivity index (χ1v) is 7.30. The van der Waals surface area contributed by atoms with Crippen molar-refractivity contribution in [2.24, 2.45) is 0 Å². The highest BCUT2D eigenvalue weighted by atomic mass is 16.5. The number of ether oxygens (including phenoxy) is 1. The van der Waals surface area contributed by atoms with Gasteiger partial charge in [0, 0.05) is 6.61 Å². The third-order valence-electron chi connectivity index (χ3n) is 4.33. The van der Waals surface area contributed by atoms with Crippen LogP contribution in [0.1, 0.15) is 52.9 Å². The zero-order valence-corrected chi connectivity index (χ0v) is 11.9. The first kappa shape index (κ1) is 13.8. The summed E-state index contributed by atoms with van der Waals surface area (Å²) in [7, 11) is 0. The average Bonchev–Trinajstić information content (AvgIpc) is 2.64. The lowest BCUT2D eigenvalue weighted by atomic mass is 9.98. The van der Waals surface area contributed by atoms with E-state index in [0.717, 1.165) is 38.7 Å². The van der Waals surface area contributed by atoms with Gasteiger partial charge < -0.3 is 9.64 Å². The number of hydrogen-bond donors (Lipinski definition) is 1. The molecule has 2 heterocycles. The lowest BCUT2D eigenvalue weighted by Gasteiger charge is -2.35. The molecule has 2 fully saturated rings. The monoisotopic (exact) mass is 254 g/mol. The van der Waals surface area contributed by atoms with Gasteiger partial charge >= 0.3 is 0 Å². The second-order valence-corrected chi connectivity index (χ2v) is 5.72. The molecule has 0 aromatic rings. The summed E-state index contributed by atoms with van der Waals surface area (Å²) in [5, 5.41) is 3.54. The summed E-state index contributed by atoms with van der Waals surface area (Å²) in [6.07, 6.45) is 5.30. The number of hydrogen-bond acceptors (Lipinski definition) is 3. The van der Waals surface area contributed by atoms with Gasteiger partial charge in [-0.3, -0.25) is 10.1 Å². The van der Waals surface area contributed by atoms with Crippen molar-refractivity contribution in [2.75, 3.05) is 13.2 Å². The third kappa shape index (κ3) is 2.41. The Morgan fingerprint density at radius 3 is 2.83 bits per heavy atom. The standard InChI is InChI=1S/C14H26N2O2/c1-4-7-12-15-14(3,5-2)13(17)16(12)11-8-6-9-18-10-11/h11-12,15H,4-10H2,1-3H3.